The molecule has 0 spiro atoms. The third-order valence-electron chi connectivity index (χ3n) is 4.10. The highest BCUT2D eigenvalue weighted by Crippen LogP contribution is 2.19. The van der Waals surface area contributed by atoms with E-state index >= 15 is 0 Å². The molecule has 0 saturated heterocycles. The lowest BCUT2D eigenvalue weighted by Gasteiger charge is -2.22. The zero-order chi connectivity index (χ0) is 20.4. The van der Waals surface area contributed by atoms with Gasteiger partial charge in [0.1, 0.15) is 11.4 Å². The summed E-state index contributed by atoms with van der Waals surface area (Å²) in [5, 5.41) is 19.8. The molecule has 0 aliphatic carbocycles. The summed E-state index contributed by atoms with van der Waals surface area (Å²) in [6.45, 7) is 7.02. The SMILES string of the molecule is CCCC(=O)Nc1cccc(CN=C(NCC)NCC(C)(O)c2ccco2)c1.I. The molecular formula is C21H31IN4O3. The minimum Gasteiger partial charge on any atom is -0.466 e. The number of amides is 1. The highest BCUT2D eigenvalue weighted by molar-refractivity contribution is 14.0. The van der Waals surface area contributed by atoms with Crippen molar-refractivity contribution in [2.45, 2.75) is 45.8 Å². The van der Waals surface area contributed by atoms with E-state index in [0.717, 1.165) is 17.7 Å². The Morgan fingerprint density at radius 1 is 1.21 bits per heavy atom. The van der Waals surface area contributed by atoms with Crippen LogP contribution < -0.4 is 16.0 Å². The molecule has 0 saturated carbocycles. The molecule has 1 atom stereocenters. The summed E-state index contributed by atoms with van der Waals surface area (Å²) in [7, 11) is 0. The molecule has 0 aliphatic heterocycles. The van der Waals surface area contributed by atoms with Crippen LogP contribution in [0.4, 0.5) is 5.69 Å². The van der Waals surface area contributed by atoms with Gasteiger partial charge in [0.2, 0.25) is 5.91 Å². The van der Waals surface area contributed by atoms with Gasteiger partial charge in [-0.3, -0.25) is 4.79 Å². The van der Waals surface area contributed by atoms with Gasteiger partial charge < -0.3 is 25.5 Å². The fourth-order valence-corrected chi connectivity index (χ4v) is 2.64. The average Bonchev–Trinajstić information content (AvgIpc) is 3.20. The van der Waals surface area contributed by atoms with Crippen molar-refractivity contribution in [1.29, 1.82) is 0 Å². The van der Waals surface area contributed by atoms with Gasteiger partial charge >= 0.3 is 0 Å². The van der Waals surface area contributed by atoms with Gasteiger partial charge in [0.15, 0.2) is 5.96 Å². The lowest BCUT2D eigenvalue weighted by molar-refractivity contribution is -0.116. The van der Waals surface area contributed by atoms with Gasteiger partial charge in [0.05, 0.1) is 19.4 Å². The smallest absolute Gasteiger partial charge is 0.224 e. The number of furan rings is 1. The number of carbonyl (C=O) groups excluding carboxylic acids is 1. The molecule has 1 heterocycles. The number of halogens is 1. The lowest BCUT2D eigenvalue weighted by atomic mass is 10.0. The van der Waals surface area contributed by atoms with Crippen molar-refractivity contribution in [3.8, 4) is 0 Å². The van der Waals surface area contributed by atoms with Crippen LogP contribution in [0, 0.1) is 0 Å². The van der Waals surface area contributed by atoms with E-state index in [0.29, 0.717) is 31.2 Å². The van der Waals surface area contributed by atoms with E-state index in [4.69, 9.17) is 4.42 Å². The van der Waals surface area contributed by atoms with Crippen LogP contribution in [0.3, 0.4) is 0 Å². The van der Waals surface area contributed by atoms with Gasteiger partial charge in [-0.25, -0.2) is 4.99 Å². The molecule has 0 aliphatic rings. The number of anilines is 1. The summed E-state index contributed by atoms with van der Waals surface area (Å²) in [6, 6.07) is 11.1. The molecule has 1 aromatic carbocycles. The van der Waals surface area contributed by atoms with Crippen LogP contribution in [-0.4, -0.2) is 30.1 Å². The molecule has 4 N–H and O–H groups in total. The van der Waals surface area contributed by atoms with Crippen LogP contribution in [0.1, 0.15) is 44.9 Å². The largest absolute Gasteiger partial charge is 0.466 e. The van der Waals surface area contributed by atoms with Crippen LogP contribution in [0.5, 0.6) is 0 Å². The normalized spacial score (nSPS) is 13.2. The Bertz CT molecular complexity index is 776. The number of benzene rings is 1. The molecule has 0 fully saturated rings. The lowest BCUT2D eigenvalue weighted by Crippen LogP contribution is -2.44. The number of carbonyl (C=O) groups is 1. The zero-order valence-electron chi connectivity index (χ0n) is 17.2. The Morgan fingerprint density at radius 2 is 2.00 bits per heavy atom. The summed E-state index contributed by atoms with van der Waals surface area (Å²) < 4.78 is 5.30. The predicted molar refractivity (Wildman–Crippen MR) is 126 cm³/mol. The summed E-state index contributed by atoms with van der Waals surface area (Å²) in [6.07, 6.45) is 2.86. The maximum atomic E-state index is 11.8. The third kappa shape index (κ3) is 8.45. The minimum atomic E-state index is -1.15. The van der Waals surface area contributed by atoms with Crippen LogP contribution in [0.25, 0.3) is 0 Å². The molecule has 160 valence electrons. The van der Waals surface area contributed by atoms with Gasteiger partial charge in [-0.05, 0) is 50.1 Å². The van der Waals surface area contributed by atoms with Crippen LogP contribution in [-0.2, 0) is 16.9 Å². The molecular weight excluding hydrogens is 483 g/mol. The number of nitrogens with zero attached hydrogens (tertiary/aromatic N) is 1. The first kappa shape index (κ1) is 25.0. The van der Waals surface area contributed by atoms with Gasteiger partial charge in [-0.1, -0.05) is 19.1 Å². The molecule has 29 heavy (non-hydrogen) atoms. The van der Waals surface area contributed by atoms with Gasteiger partial charge in [0, 0.05) is 18.7 Å². The fourth-order valence-electron chi connectivity index (χ4n) is 2.64. The van der Waals surface area contributed by atoms with E-state index in [1.807, 2.05) is 38.1 Å². The van der Waals surface area contributed by atoms with Crippen LogP contribution in [0.2, 0.25) is 0 Å². The number of hydrogen-bond acceptors (Lipinski definition) is 4. The molecule has 1 aromatic heterocycles. The van der Waals surface area contributed by atoms with E-state index in [9.17, 15) is 9.90 Å². The maximum absolute atomic E-state index is 11.8. The van der Waals surface area contributed by atoms with Crippen LogP contribution in [0.15, 0.2) is 52.1 Å². The number of hydrogen-bond donors (Lipinski definition) is 4. The van der Waals surface area contributed by atoms with Crippen LogP contribution >= 0.6 is 24.0 Å². The van der Waals surface area contributed by atoms with E-state index in [1.54, 1.807) is 19.1 Å². The molecule has 1 unspecified atom stereocenters. The molecule has 0 bridgehead atoms. The van der Waals surface area contributed by atoms with Crippen molar-refractivity contribution < 1.29 is 14.3 Å². The van der Waals surface area contributed by atoms with E-state index in [2.05, 4.69) is 20.9 Å². The number of guanidine groups is 1. The number of aliphatic hydroxyl groups is 1. The van der Waals surface area contributed by atoms with Crippen molar-refractivity contribution in [2.75, 3.05) is 18.4 Å². The first-order chi connectivity index (χ1) is 13.4. The van der Waals surface area contributed by atoms with E-state index < -0.39 is 5.60 Å². The third-order valence-corrected chi connectivity index (χ3v) is 4.10. The number of nitrogens with one attached hydrogen (secondary N) is 3. The van der Waals surface area contributed by atoms with Crippen molar-refractivity contribution in [1.82, 2.24) is 10.6 Å². The van der Waals surface area contributed by atoms with E-state index in [1.165, 1.54) is 6.26 Å². The monoisotopic (exact) mass is 514 g/mol. The summed E-state index contributed by atoms with van der Waals surface area (Å²) in [5.41, 5.74) is 0.595. The van der Waals surface area contributed by atoms with Crippen molar-refractivity contribution in [2.24, 2.45) is 4.99 Å². The summed E-state index contributed by atoms with van der Waals surface area (Å²) >= 11 is 0. The van der Waals surface area contributed by atoms with Gasteiger partial charge in [-0.15, -0.1) is 24.0 Å². The molecule has 1 amide bonds. The Kier molecular flexibility index (Phi) is 10.7. The Labute approximate surface area is 189 Å². The molecule has 7 nitrogen and oxygen atoms in total. The highest BCUT2D eigenvalue weighted by Gasteiger charge is 2.26. The number of aliphatic imine (C=N–C) groups is 1. The fraction of sp³-hybridized carbons (Fsp3) is 0.429. The topological polar surface area (TPSA) is 98.9 Å². The predicted octanol–water partition coefficient (Wildman–Crippen LogP) is 3.60. The van der Waals surface area contributed by atoms with Crippen molar-refractivity contribution >= 4 is 41.5 Å². The summed E-state index contributed by atoms with van der Waals surface area (Å²) in [5.74, 6) is 1.10. The standard InChI is InChI=1S/C21H30N4O3.HI/c1-4-8-19(26)25-17-10-6-9-16(13-17)14-23-20(22-5-2)24-15-21(3,27)18-11-7-12-28-18;/h6-7,9-13,27H,4-5,8,14-15H2,1-3H3,(H,25,26)(H2,22,23,24);1H. The number of rotatable bonds is 9. The Hall–Kier alpha value is -2.07. The second-order valence-electron chi connectivity index (χ2n) is 6.80. The quantitative estimate of drug-likeness (QED) is 0.233. The first-order valence-electron chi connectivity index (χ1n) is 9.62. The Balaban J connectivity index is 0.00000420. The van der Waals surface area contributed by atoms with Gasteiger partial charge in [-0.2, -0.15) is 0 Å². The first-order valence-corrected chi connectivity index (χ1v) is 9.62. The molecule has 8 heteroatoms. The molecule has 2 rings (SSSR count). The molecule has 2 aromatic rings. The van der Waals surface area contributed by atoms with Crippen molar-refractivity contribution in [3.63, 3.8) is 0 Å². The van der Waals surface area contributed by atoms with Gasteiger partial charge in [0.25, 0.3) is 0 Å². The maximum Gasteiger partial charge on any atom is 0.224 e. The zero-order valence-corrected chi connectivity index (χ0v) is 19.5. The second kappa shape index (κ2) is 12.5. The van der Waals surface area contributed by atoms with E-state index in [-0.39, 0.29) is 36.4 Å². The minimum absolute atomic E-state index is 0. The Morgan fingerprint density at radius 3 is 2.66 bits per heavy atom. The van der Waals surface area contributed by atoms with Crippen molar-refractivity contribution in [3.05, 3.63) is 54.0 Å². The highest BCUT2D eigenvalue weighted by atomic mass is 127. The summed E-state index contributed by atoms with van der Waals surface area (Å²) in [4.78, 5) is 16.3. The average molecular weight is 514 g/mol. The molecule has 0 radical (unpaired) electrons. The second-order valence-corrected chi connectivity index (χ2v) is 6.80.